The zero-order valence-electron chi connectivity index (χ0n) is 17.6. The number of aromatic amines is 1. The zero-order chi connectivity index (χ0) is 22.3. The average molecular weight is 438 g/mol. The smallest absolute Gasteiger partial charge is 0.394 e. The number of rotatable bonds is 5. The fourth-order valence-electron chi connectivity index (χ4n) is 3.26. The lowest BCUT2D eigenvalue weighted by molar-refractivity contribution is -0.137. The van der Waals surface area contributed by atoms with Crippen LogP contribution in [0.5, 0.6) is 0 Å². The lowest BCUT2D eigenvalue weighted by Gasteiger charge is -2.30. The van der Waals surface area contributed by atoms with Gasteiger partial charge in [-0.3, -0.25) is 0 Å². The Morgan fingerprint density at radius 3 is 2.47 bits per heavy atom. The molecular formula is C21H26F3N4OP. The Morgan fingerprint density at radius 2 is 1.90 bits per heavy atom. The van der Waals surface area contributed by atoms with Crippen LogP contribution in [0.15, 0.2) is 30.6 Å². The average Bonchev–Trinajstić information content (AvgIpc) is 3.08. The Balaban J connectivity index is 2.18. The topological polar surface area (TPSA) is 73.8 Å². The summed E-state index contributed by atoms with van der Waals surface area (Å²) in [6, 6.07) is 5.22. The van der Waals surface area contributed by atoms with Crippen molar-refractivity contribution in [2.24, 2.45) is 5.41 Å². The molecule has 0 aliphatic rings. The SMILES string of the molecule is CP(C)c1cccc2c(-c3nc(N[C@@H](CO)C(C)(C)C)ncc3C(F)(F)F)c[nH]c12. The number of fused-ring (bicyclic) bond motifs is 1. The van der Waals surface area contributed by atoms with Crippen molar-refractivity contribution in [1.29, 1.82) is 0 Å². The lowest BCUT2D eigenvalue weighted by Crippen LogP contribution is -2.37. The van der Waals surface area contributed by atoms with E-state index in [1.54, 1.807) is 12.3 Å². The standard InChI is InChI=1S/C21H26F3N4OP/c1-20(2,3)16(11-29)27-19-26-10-14(21(22,23)24)17(28-19)13-9-25-18-12(13)7-6-8-15(18)30(4)5/h6-10,16,25,29H,11H2,1-5H3,(H,26,27,28)/t16-/m0/s1. The summed E-state index contributed by atoms with van der Waals surface area (Å²) >= 11 is 0. The van der Waals surface area contributed by atoms with E-state index in [2.05, 4.69) is 33.6 Å². The van der Waals surface area contributed by atoms with Crippen molar-refractivity contribution in [3.63, 3.8) is 0 Å². The number of aliphatic hydroxyl groups excluding tert-OH is 1. The van der Waals surface area contributed by atoms with E-state index < -0.39 is 25.7 Å². The van der Waals surface area contributed by atoms with E-state index in [-0.39, 0.29) is 23.7 Å². The van der Waals surface area contributed by atoms with Gasteiger partial charge in [-0.15, -0.1) is 0 Å². The van der Waals surface area contributed by atoms with Crippen molar-refractivity contribution in [3.05, 3.63) is 36.2 Å². The number of benzene rings is 1. The number of anilines is 1. The van der Waals surface area contributed by atoms with Crippen LogP contribution in [0.4, 0.5) is 19.1 Å². The van der Waals surface area contributed by atoms with Crippen molar-refractivity contribution < 1.29 is 18.3 Å². The van der Waals surface area contributed by atoms with E-state index in [4.69, 9.17) is 0 Å². The van der Waals surface area contributed by atoms with Crippen molar-refractivity contribution in [3.8, 4) is 11.3 Å². The molecule has 3 rings (SSSR count). The highest BCUT2D eigenvalue weighted by Gasteiger charge is 2.36. The Kier molecular flexibility index (Phi) is 6.12. The van der Waals surface area contributed by atoms with E-state index in [1.165, 1.54) is 0 Å². The van der Waals surface area contributed by atoms with E-state index in [9.17, 15) is 18.3 Å². The van der Waals surface area contributed by atoms with Gasteiger partial charge in [0.2, 0.25) is 5.95 Å². The summed E-state index contributed by atoms with van der Waals surface area (Å²) < 4.78 is 41.3. The van der Waals surface area contributed by atoms with E-state index in [0.29, 0.717) is 10.9 Å². The number of para-hydroxylation sites is 1. The molecule has 0 saturated heterocycles. The van der Waals surface area contributed by atoms with Gasteiger partial charge < -0.3 is 15.4 Å². The Morgan fingerprint density at radius 1 is 1.20 bits per heavy atom. The number of nitrogens with zero attached hydrogens (tertiary/aromatic N) is 2. The molecule has 0 spiro atoms. The molecule has 2 aromatic heterocycles. The molecule has 9 heteroatoms. The summed E-state index contributed by atoms with van der Waals surface area (Å²) in [5, 5.41) is 14.4. The maximum Gasteiger partial charge on any atom is 0.419 e. The van der Waals surface area contributed by atoms with Crippen LogP contribution >= 0.6 is 7.92 Å². The fourth-order valence-corrected chi connectivity index (χ4v) is 4.28. The van der Waals surface area contributed by atoms with Crippen LogP contribution in [0.2, 0.25) is 0 Å². The maximum absolute atomic E-state index is 13.8. The summed E-state index contributed by atoms with van der Waals surface area (Å²) in [5.41, 5.74) is -0.224. The number of hydrogen-bond acceptors (Lipinski definition) is 4. The fraction of sp³-hybridized carbons (Fsp3) is 0.429. The van der Waals surface area contributed by atoms with Gasteiger partial charge >= 0.3 is 6.18 Å². The molecular weight excluding hydrogens is 412 g/mol. The van der Waals surface area contributed by atoms with Crippen LogP contribution in [0, 0.1) is 5.41 Å². The molecule has 3 aromatic rings. The minimum absolute atomic E-state index is 0.0470. The van der Waals surface area contributed by atoms with Gasteiger partial charge in [0.25, 0.3) is 0 Å². The first-order valence-electron chi connectivity index (χ1n) is 9.53. The molecule has 2 heterocycles. The second-order valence-corrected chi connectivity index (χ2v) is 10.8. The second kappa shape index (κ2) is 8.16. The molecule has 0 saturated carbocycles. The highest BCUT2D eigenvalue weighted by Crippen LogP contribution is 2.39. The Labute approximate surface area is 174 Å². The summed E-state index contributed by atoms with van der Waals surface area (Å²) in [5.74, 6) is 0.0470. The first-order valence-corrected chi connectivity index (χ1v) is 11.8. The van der Waals surface area contributed by atoms with E-state index >= 15 is 0 Å². The minimum atomic E-state index is -4.60. The van der Waals surface area contributed by atoms with Crippen LogP contribution in [0.25, 0.3) is 22.2 Å². The van der Waals surface area contributed by atoms with Crippen LogP contribution in [-0.2, 0) is 6.18 Å². The number of aromatic nitrogens is 3. The highest BCUT2D eigenvalue weighted by atomic mass is 31.1. The number of halogens is 3. The Bertz CT molecular complexity index is 1040. The van der Waals surface area contributed by atoms with Gasteiger partial charge in [0, 0.05) is 23.3 Å². The van der Waals surface area contributed by atoms with Gasteiger partial charge in [0.1, 0.15) is 5.56 Å². The van der Waals surface area contributed by atoms with Gasteiger partial charge in [-0.05, 0) is 24.0 Å². The predicted molar refractivity (Wildman–Crippen MR) is 117 cm³/mol. The molecule has 0 aliphatic carbocycles. The molecule has 0 bridgehead atoms. The van der Waals surface area contributed by atoms with Gasteiger partial charge in [-0.25, -0.2) is 9.97 Å². The van der Waals surface area contributed by atoms with E-state index in [0.717, 1.165) is 17.0 Å². The van der Waals surface area contributed by atoms with Crippen LogP contribution in [-0.4, -0.2) is 46.0 Å². The van der Waals surface area contributed by atoms with Crippen molar-refractivity contribution in [1.82, 2.24) is 15.0 Å². The van der Waals surface area contributed by atoms with Gasteiger partial charge in [-0.2, -0.15) is 13.2 Å². The molecule has 0 aliphatic heterocycles. The third-order valence-electron chi connectivity index (χ3n) is 5.06. The largest absolute Gasteiger partial charge is 0.419 e. The number of hydrogen-bond donors (Lipinski definition) is 3. The van der Waals surface area contributed by atoms with Gasteiger partial charge in [0.15, 0.2) is 0 Å². The van der Waals surface area contributed by atoms with Crippen molar-refractivity contribution >= 4 is 30.1 Å². The van der Waals surface area contributed by atoms with Crippen molar-refractivity contribution in [2.45, 2.75) is 33.0 Å². The molecule has 30 heavy (non-hydrogen) atoms. The molecule has 0 fully saturated rings. The molecule has 3 N–H and O–H groups in total. The quantitative estimate of drug-likeness (QED) is 0.499. The normalized spacial score (nSPS) is 13.8. The summed E-state index contributed by atoms with van der Waals surface area (Å²) in [7, 11) is -0.441. The summed E-state index contributed by atoms with van der Waals surface area (Å²) in [4.78, 5) is 11.3. The first-order chi connectivity index (χ1) is 13.9. The first kappa shape index (κ1) is 22.5. The Hall–Kier alpha value is -2.18. The third-order valence-corrected chi connectivity index (χ3v) is 6.39. The highest BCUT2D eigenvalue weighted by molar-refractivity contribution is 7.64. The van der Waals surface area contributed by atoms with Crippen LogP contribution < -0.4 is 10.6 Å². The molecule has 1 aromatic carbocycles. The maximum atomic E-state index is 13.8. The number of aliphatic hydroxyl groups is 1. The van der Waals surface area contributed by atoms with Gasteiger partial charge in [0.05, 0.1) is 23.9 Å². The van der Waals surface area contributed by atoms with Gasteiger partial charge in [-0.1, -0.05) is 46.9 Å². The molecule has 1 atom stereocenters. The summed E-state index contributed by atoms with van der Waals surface area (Å²) in [6.45, 7) is 9.75. The van der Waals surface area contributed by atoms with Crippen LogP contribution in [0.1, 0.15) is 26.3 Å². The molecule has 0 radical (unpaired) electrons. The van der Waals surface area contributed by atoms with E-state index in [1.807, 2.05) is 32.9 Å². The van der Waals surface area contributed by atoms with Crippen molar-refractivity contribution in [2.75, 3.05) is 25.3 Å². The zero-order valence-corrected chi connectivity index (χ0v) is 18.5. The molecule has 5 nitrogen and oxygen atoms in total. The second-order valence-electron chi connectivity index (χ2n) is 8.50. The molecule has 0 unspecified atom stereocenters. The molecule has 0 amide bonds. The minimum Gasteiger partial charge on any atom is -0.394 e. The third kappa shape index (κ3) is 4.44. The van der Waals surface area contributed by atoms with Crippen LogP contribution in [0.3, 0.4) is 0 Å². The molecule has 162 valence electrons. The monoisotopic (exact) mass is 438 g/mol. The number of alkyl halides is 3. The predicted octanol–water partition coefficient (Wildman–Crippen LogP) is 4.83. The number of H-pyrrole nitrogens is 1. The number of nitrogens with one attached hydrogen (secondary N) is 2. The summed E-state index contributed by atoms with van der Waals surface area (Å²) in [6.07, 6.45) is -2.23. The lowest BCUT2D eigenvalue weighted by atomic mass is 9.87.